The van der Waals surface area contributed by atoms with Crippen molar-refractivity contribution in [3.05, 3.63) is 36.1 Å². The van der Waals surface area contributed by atoms with E-state index in [4.69, 9.17) is 9.68 Å². The fourth-order valence-corrected chi connectivity index (χ4v) is 2.43. The molecular formula is C14H13NO2S. The zero-order chi connectivity index (χ0) is 12.8. The fraction of sp³-hybridized carbons (Fsp3) is 0.286. The number of nitriles is 1. The maximum absolute atomic E-state index is 11.9. The van der Waals surface area contributed by atoms with E-state index in [0.717, 1.165) is 23.1 Å². The van der Waals surface area contributed by atoms with Crippen molar-refractivity contribution in [2.45, 2.75) is 12.8 Å². The van der Waals surface area contributed by atoms with Crippen molar-refractivity contribution in [3.8, 4) is 6.07 Å². The normalized spacial score (nSPS) is 10.4. The molecule has 1 heterocycles. The van der Waals surface area contributed by atoms with Crippen LogP contribution in [0, 0.1) is 11.3 Å². The lowest BCUT2D eigenvalue weighted by Crippen LogP contribution is -2.01. The second kappa shape index (κ2) is 6.27. The lowest BCUT2D eigenvalue weighted by Gasteiger charge is -1.96. The average molecular weight is 259 g/mol. The maximum atomic E-state index is 11.9. The van der Waals surface area contributed by atoms with Gasteiger partial charge in [-0.2, -0.15) is 17.0 Å². The zero-order valence-corrected chi connectivity index (χ0v) is 10.7. The predicted molar refractivity (Wildman–Crippen MR) is 72.7 cm³/mol. The van der Waals surface area contributed by atoms with Gasteiger partial charge in [-0.3, -0.25) is 4.79 Å². The Hall–Kier alpha value is -1.73. The number of carbonyl (C=O) groups is 1. The summed E-state index contributed by atoms with van der Waals surface area (Å²) in [7, 11) is 0. The van der Waals surface area contributed by atoms with E-state index >= 15 is 0 Å². The van der Waals surface area contributed by atoms with Gasteiger partial charge < -0.3 is 4.42 Å². The molecule has 0 aliphatic heterocycles. The van der Waals surface area contributed by atoms with Crippen LogP contribution in [0.1, 0.15) is 23.4 Å². The smallest absolute Gasteiger partial charge is 0.207 e. The minimum absolute atomic E-state index is 0.00755. The van der Waals surface area contributed by atoms with Gasteiger partial charge in [-0.15, -0.1) is 0 Å². The molecular weight excluding hydrogens is 246 g/mol. The molecule has 18 heavy (non-hydrogen) atoms. The summed E-state index contributed by atoms with van der Waals surface area (Å²) < 4.78 is 5.49. The zero-order valence-electron chi connectivity index (χ0n) is 9.89. The summed E-state index contributed by atoms with van der Waals surface area (Å²) in [4.78, 5) is 11.9. The third-order valence-corrected chi connectivity index (χ3v) is 3.55. The van der Waals surface area contributed by atoms with E-state index in [0.29, 0.717) is 17.9 Å². The third kappa shape index (κ3) is 3.14. The van der Waals surface area contributed by atoms with Crippen LogP contribution in [0.4, 0.5) is 0 Å². The van der Waals surface area contributed by atoms with Crippen molar-refractivity contribution in [1.82, 2.24) is 0 Å². The quantitative estimate of drug-likeness (QED) is 0.587. The van der Waals surface area contributed by atoms with Gasteiger partial charge in [0.25, 0.3) is 0 Å². The van der Waals surface area contributed by atoms with Crippen molar-refractivity contribution < 1.29 is 9.21 Å². The monoisotopic (exact) mass is 259 g/mol. The third-order valence-electron chi connectivity index (χ3n) is 2.51. The van der Waals surface area contributed by atoms with Gasteiger partial charge in [-0.1, -0.05) is 18.2 Å². The summed E-state index contributed by atoms with van der Waals surface area (Å²) in [5, 5.41) is 9.35. The summed E-state index contributed by atoms with van der Waals surface area (Å²) in [6.07, 6.45) is 1.38. The summed E-state index contributed by atoms with van der Waals surface area (Å²) in [6, 6.07) is 11.5. The maximum Gasteiger partial charge on any atom is 0.207 e. The second-order valence-electron chi connectivity index (χ2n) is 3.89. The number of nitrogens with zero attached hydrogens (tertiary/aromatic N) is 1. The molecule has 0 saturated heterocycles. The molecule has 0 bridgehead atoms. The number of hydrogen-bond donors (Lipinski definition) is 0. The van der Waals surface area contributed by atoms with Gasteiger partial charge in [0.1, 0.15) is 5.58 Å². The Morgan fingerprint density at radius 2 is 2.22 bits per heavy atom. The number of benzene rings is 1. The van der Waals surface area contributed by atoms with Crippen LogP contribution in [0.15, 0.2) is 34.7 Å². The second-order valence-corrected chi connectivity index (χ2v) is 4.99. The number of thioether (sulfide) groups is 1. The molecule has 0 atom stereocenters. The molecule has 4 heteroatoms. The highest BCUT2D eigenvalue weighted by Gasteiger charge is 2.11. The molecule has 0 saturated carbocycles. The summed E-state index contributed by atoms with van der Waals surface area (Å²) >= 11 is 1.55. The van der Waals surface area contributed by atoms with Crippen LogP contribution in [0.25, 0.3) is 11.0 Å². The molecule has 0 unspecified atom stereocenters. The molecule has 0 spiro atoms. The van der Waals surface area contributed by atoms with Crippen LogP contribution < -0.4 is 0 Å². The van der Waals surface area contributed by atoms with Gasteiger partial charge in [0.05, 0.1) is 11.8 Å². The van der Waals surface area contributed by atoms with Gasteiger partial charge in [0.2, 0.25) is 5.78 Å². The van der Waals surface area contributed by atoms with Crippen LogP contribution in [-0.2, 0) is 0 Å². The first kappa shape index (κ1) is 12.7. The highest BCUT2D eigenvalue weighted by Crippen LogP contribution is 2.20. The molecule has 92 valence electrons. The Labute approximate surface area is 110 Å². The minimum Gasteiger partial charge on any atom is -0.453 e. The molecule has 2 aromatic rings. The van der Waals surface area contributed by atoms with E-state index in [2.05, 4.69) is 6.07 Å². The molecule has 0 amide bonds. The summed E-state index contributed by atoms with van der Waals surface area (Å²) in [5.74, 6) is 1.67. The Morgan fingerprint density at radius 3 is 3.00 bits per heavy atom. The topological polar surface area (TPSA) is 54.0 Å². The van der Waals surface area contributed by atoms with E-state index in [-0.39, 0.29) is 5.78 Å². The van der Waals surface area contributed by atoms with Gasteiger partial charge in [0.15, 0.2) is 5.76 Å². The van der Waals surface area contributed by atoms with Crippen LogP contribution >= 0.6 is 11.8 Å². The largest absolute Gasteiger partial charge is 0.453 e. The van der Waals surface area contributed by atoms with Crippen molar-refractivity contribution in [1.29, 1.82) is 5.26 Å². The Balaban J connectivity index is 1.91. The SMILES string of the molecule is N#CCCCSCC(=O)c1cc2ccccc2o1. The van der Waals surface area contributed by atoms with E-state index in [9.17, 15) is 4.79 Å². The lowest BCUT2D eigenvalue weighted by molar-refractivity contribution is 0.0994. The molecule has 2 rings (SSSR count). The van der Waals surface area contributed by atoms with Crippen molar-refractivity contribution >= 4 is 28.5 Å². The molecule has 3 nitrogen and oxygen atoms in total. The summed E-state index contributed by atoms with van der Waals surface area (Å²) in [6.45, 7) is 0. The standard InChI is InChI=1S/C14H13NO2S/c15-7-3-4-8-18-10-12(16)14-9-11-5-1-2-6-13(11)17-14/h1-2,5-6,9H,3-4,8,10H2. The van der Waals surface area contributed by atoms with Crippen molar-refractivity contribution in [3.63, 3.8) is 0 Å². The number of para-hydroxylation sites is 1. The van der Waals surface area contributed by atoms with Crippen molar-refractivity contribution in [2.24, 2.45) is 0 Å². The van der Waals surface area contributed by atoms with Gasteiger partial charge in [0, 0.05) is 11.8 Å². The number of ketones is 1. The first-order chi connectivity index (χ1) is 8.81. The molecule has 0 fully saturated rings. The molecule has 0 N–H and O–H groups in total. The Kier molecular flexibility index (Phi) is 4.43. The first-order valence-corrected chi connectivity index (χ1v) is 6.93. The molecule has 1 aromatic heterocycles. The number of furan rings is 1. The van der Waals surface area contributed by atoms with Gasteiger partial charge in [-0.05, 0) is 24.3 Å². The van der Waals surface area contributed by atoms with Crippen LogP contribution in [0.2, 0.25) is 0 Å². The molecule has 0 radical (unpaired) electrons. The number of hydrogen-bond acceptors (Lipinski definition) is 4. The van der Waals surface area contributed by atoms with Crippen molar-refractivity contribution in [2.75, 3.05) is 11.5 Å². The number of unbranched alkanes of at least 4 members (excludes halogenated alkanes) is 1. The predicted octanol–water partition coefficient (Wildman–Crippen LogP) is 3.65. The number of carbonyl (C=O) groups excluding carboxylic acids is 1. The van der Waals surface area contributed by atoms with Crippen LogP contribution in [-0.4, -0.2) is 17.3 Å². The Morgan fingerprint density at radius 1 is 1.39 bits per heavy atom. The molecule has 0 aliphatic rings. The van der Waals surface area contributed by atoms with E-state index < -0.39 is 0 Å². The highest BCUT2D eigenvalue weighted by atomic mass is 32.2. The minimum atomic E-state index is 0.00755. The van der Waals surface area contributed by atoms with E-state index in [1.165, 1.54) is 0 Å². The number of fused-ring (bicyclic) bond motifs is 1. The lowest BCUT2D eigenvalue weighted by atomic mass is 10.2. The fourth-order valence-electron chi connectivity index (χ4n) is 1.61. The summed E-state index contributed by atoms with van der Waals surface area (Å²) in [5.41, 5.74) is 0.746. The molecule has 0 aliphatic carbocycles. The Bertz CT molecular complexity index is 550. The first-order valence-electron chi connectivity index (χ1n) is 5.78. The van der Waals surface area contributed by atoms with Crippen LogP contribution in [0.3, 0.4) is 0 Å². The van der Waals surface area contributed by atoms with Gasteiger partial charge >= 0.3 is 0 Å². The molecule has 1 aromatic carbocycles. The average Bonchev–Trinajstić information content (AvgIpc) is 2.82. The number of Topliss-reactive ketones (excluding diaryl/α,β-unsaturated/α-hetero) is 1. The van der Waals surface area contributed by atoms with Gasteiger partial charge in [-0.25, -0.2) is 0 Å². The van der Waals surface area contributed by atoms with E-state index in [1.807, 2.05) is 24.3 Å². The van der Waals surface area contributed by atoms with E-state index in [1.54, 1.807) is 17.8 Å². The van der Waals surface area contributed by atoms with Crippen LogP contribution in [0.5, 0.6) is 0 Å². The number of rotatable bonds is 6. The highest BCUT2D eigenvalue weighted by molar-refractivity contribution is 7.99.